The Morgan fingerprint density at radius 3 is 2.52 bits per heavy atom. The number of carboxylic acid groups (broad SMARTS) is 1. The van der Waals surface area contributed by atoms with Gasteiger partial charge in [-0.05, 0) is 62.0 Å². The first-order valence-corrected chi connectivity index (χ1v) is 10.9. The third-order valence-corrected chi connectivity index (χ3v) is 8.05. The average Bonchev–Trinajstić information content (AvgIpc) is 3.13. The standard InChI is InChI=1S/C18H24N2O6S/c21-16(19-11-18(8-2-9-18)12-4-5-12)13-3-1-10-20(13)27(24,25)15-7-6-14(26-15)17(22)23/h6-7,12-13H,1-5,8-11H2,(H,19,21)(H,22,23). The smallest absolute Gasteiger partial charge is 0.371 e. The molecule has 0 radical (unpaired) electrons. The van der Waals surface area contributed by atoms with Crippen LogP contribution in [-0.2, 0) is 14.8 Å². The zero-order chi connectivity index (χ0) is 19.2. The van der Waals surface area contributed by atoms with E-state index in [1.807, 2.05) is 0 Å². The maximum absolute atomic E-state index is 12.8. The zero-order valence-corrected chi connectivity index (χ0v) is 15.8. The second-order valence-corrected chi connectivity index (χ2v) is 9.73. The molecule has 4 rings (SSSR count). The summed E-state index contributed by atoms with van der Waals surface area (Å²) in [7, 11) is -4.05. The van der Waals surface area contributed by atoms with Crippen molar-refractivity contribution >= 4 is 21.9 Å². The quantitative estimate of drug-likeness (QED) is 0.726. The number of furan rings is 1. The van der Waals surface area contributed by atoms with Crippen LogP contribution < -0.4 is 5.32 Å². The fourth-order valence-electron chi connectivity index (χ4n) is 4.42. The Morgan fingerprint density at radius 1 is 1.22 bits per heavy atom. The molecule has 1 unspecified atom stereocenters. The van der Waals surface area contributed by atoms with Gasteiger partial charge in [-0.2, -0.15) is 4.31 Å². The lowest BCUT2D eigenvalue weighted by atomic mass is 9.65. The van der Waals surface area contributed by atoms with Gasteiger partial charge in [-0.15, -0.1) is 0 Å². The van der Waals surface area contributed by atoms with Crippen LogP contribution in [0.1, 0.15) is 55.5 Å². The fourth-order valence-corrected chi connectivity index (χ4v) is 5.99. The first-order valence-electron chi connectivity index (χ1n) is 9.46. The van der Waals surface area contributed by atoms with E-state index in [9.17, 15) is 18.0 Å². The van der Waals surface area contributed by atoms with Gasteiger partial charge in [0.25, 0.3) is 10.0 Å². The fraction of sp³-hybridized carbons (Fsp3) is 0.667. The van der Waals surface area contributed by atoms with Crippen molar-refractivity contribution in [1.82, 2.24) is 9.62 Å². The highest BCUT2D eigenvalue weighted by atomic mass is 32.2. The summed E-state index contributed by atoms with van der Waals surface area (Å²) in [5, 5.41) is 11.5. The molecule has 3 fully saturated rings. The van der Waals surface area contributed by atoms with Gasteiger partial charge in [0.2, 0.25) is 16.8 Å². The van der Waals surface area contributed by atoms with Crippen molar-refractivity contribution in [3.63, 3.8) is 0 Å². The van der Waals surface area contributed by atoms with E-state index in [0.717, 1.165) is 29.3 Å². The number of carbonyl (C=O) groups excluding carboxylic acids is 1. The number of sulfonamides is 1. The highest BCUT2D eigenvalue weighted by Gasteiger charge is 2.49. The van der Waals surface area contributed by atoms with Crippen LogP contribution in [-0.4, -0.2) is 48.8 Å². The van der Waals surface area contributed by atoms with E-state index < -0.39 is 32.9 Å². The Morgan fingerprint density at radius 2 is 1.96 bits per heavy atom. The van der Waals surface area contributed by atoms with Gasteiger partial charge in [0.1, 0.15) is 6.04 Å². The average molecular weight is 396 g/mol. The van der Waals surface area contributed by atoms with E-state index in [4.69, 9.17) is 9.52 Å². The second-order valence-electron chi connectivity index (χ2n) is 7.91. The molecule has 2 N–H and O–H groups in total. The van der Waals surface area contributed by atoms with Gasteiger partial charge in [-0.1, -0.05) is 6.42 Å². The van der Waals surface area contributed by atoms with Crippen molar-refractivity contribution in [2.75, 3.05) is 13.1 Å². The minimum atomic E-state index is -4.05. The summed E-state index contributed by atoms with van der Waals surface area (Å²) >= 11 is 0. The molecular weight excluding hydrogens is 372 g/mol. The lowest BCUT2D eigenvalue weighted by Gasteiger charge is -2.43. The van der Waals surface area contributed by atoms with Crippen LogP contribution in [0, 0.1) is 11.3 Å². The predicted molar refractivity (Wildman–Crippen MR) is 94.6 cm³/mol. The Balaban J connectivity index is 1.46. The molecule has 1 aliphatic heterocycles. The molecule has 0 aromatic carbocycles. The number of nitrogens with zero attached hydrogens (tertiary/aromatic N) is 1. The summed E-state index contributed by atoms with van der Waals surface area (Å²) < 4.78 is 31.8. The molecule has 1 aromatic rings. The van der Waals surface area contributed by atoms with Crippen LogP contribution >= 0.6 is 0 Å². The Bertz CT molecular complexity index is 853. The van der Waals surface area contributed by atoms with Crippen LogP contribution in [0.5, 0.6) is 0 Å². The van der Waals surface area contributed by atoms with Gasteiger partial charge in [-0.25, -0.2) is 13.2 Å². The van der Waals surface area contributed by atoms with Gasteiger partial charge in [0.05, 0.1) is 0 Å². The van der Waals surface area contributed by atoms with Crippen molar-refractivity contribution in [3.8, 4) is 0 Å². The van der Waals surface area contributed by atoms with Gasteiger partial charge in [0.15, 0.2) is 0 Å². The lowest BCUT2D eigenvalue weighted by molar-refractivity contribution is -0.125. The maximum atomic E-state index is 12.8. The first-order chi connectivity index (χ1) is 12.8. The van der Waals surface area contributed by atoms with Crippen LogP contribution in [0.15, 0.2) is 21.6 Å². The van der Waals surface area contributed by atoms with Crippen molar-refractivity contribution in [2.45, 2.75) is 56.1 Å². The largest absolute Gasteiger partial charge is 0.475 e. The SMILES string of the molecule is O=C(O)c1ccc(S(=O)(=O)N2CCCC2C(=O)NCC2(C3CC3)CCC2)o1. The summed E-state index contributed by atoms with van der Waals surface area (Å²) in [5.41, 5.74) is 0.218. The van der Waals surface area contributed by atoms with E-state index >= 15 is 0 Å². The van der Waals surface area contributed by atoms with Gasteiger partial charge in [0, 0.05) is 13.1 Å². The molecule has 9 heteroatoms. The summed E-state index contributed by atoms with van der Waals surface area (Å²) in [6.07, 6.45) is 6.95. The van der Waals surface area contributed by atoms with E-state index in [1.54, 1.807) is 0 Å². The Labute approximate surface area is 158 Å². The molecule has 2 saturated carbocycles. The first kappa shape index (κ1) is 18.5. The number of carbonyl (C=O) groups is 2. The molecule has 8 nitrogen and oxygen atoms in total. The second kappa shape index (κ2) is 6.63. The van der Waals surface area contributed by atoms with Crippen LogP contribution in [0.3, 0.4) is 0 Å². The van der Waals surface area contributed by atoms with E-state index in [2.05, 4.69) is 5.32 Å². The Hall–Kier alpha value is -1.87. The maximum Gasteiger partial charge on any atom is 0.371 e. The van der Waals surface area contributed by atoms with Crippen molar-refractivity contribution < 1.29 is 27.5 Å². The molecule has 3 aliphatic rings. The molecule has 1 aromatic heterocycles. The topological polar surface area (TPSA) is 117 Å². The molecular formula is C18H24N2O6S. The number of amides is 1. The van der Waals surface area contributed by atoms with E-state index in [1.165, 1.54) is 19.3 Å². The van der Waals surface area contributed by atoms with Crippen molar-refractivity contribution in [2.24, 2.45) is 11.3 Å². The number of nitrogens with one attached hydrogen (secondary N) is 1. The highest BCUT2D eigenvalue weighted by Crippen LogP contribution is 2.56. The minimum absolute atomic E-state index is 0.218. The molecule has 2 aliphatic carbocycles. The molecule has 0 bridgehead atoms. The van der Waals surface area contributed by atoms with Gasteiger partial charge < -0.3 is 14.8 Å². The molecule has 148 valence electrons. The summed E-state index contributed by atoms with van der Waals surface area (Å²) in [6.45, 7) is 0.835. The normalized spacial score (nSPS) is 25.1. The summed E-state index contributed by atoms with van der Waals surface area (Å²) in [5.74, 6) is -1.34. The minimum Gasteiger partial charge on any atom is -0.475 e. The number of hydrogen-bond acceptors (Lipinski definition) is 5. The molecule has 1 saturated heterocycles. The van der Waals surface area contributed by atoms with E-state index in [0.29, 0.717) is 25.3 Å². The zero-order valence-electron chi connectivity index (χ0n) is 15.0. The van der Waals surface area contributed by atoms with Gasteiger partial charge in [-0.3, -0.25) is 4.79 Å². The van der Waals surface area contributed by atoms with Crippen molar-refractivity contribution in [1.29, 1.82) is 0 Å². The molecule has 1 atom stereocenters. The monoisotopic (exact) mass is 396 g/mol. The third kappa shape index (κ3) is 3.27. The molecule has 0 spiro atoms. The summed E-state index contributed by atoms with van der Waals surface area (Å²) in [6, 6.07) is 1.46. The number of rotatable bonds is 7. The lowest BCUT2D eigenvalue weighted by Crippen LogP contribution is -2.50. The number of carboxylic acids is 1. The van der Waals surface area contributed by atoms with Crippen LogP contribution in [0.2, 0.25) is 0 Å². The van der Waals surface area contributed by atoms with Crippen LogP contribution in [0.25, 0.3) is 0 Å². The van der Waals surface area contributed by atoms with E-state index in [-0.39, 0.29) is 17.9 Å². The summed E-state index contributed by atoms with van der Waals surface area (Å²) in [4.78, 5) is 23.7. The number of aromatic carboxylic acids is 1. The van der Waals surface area contributed by atoms with Crippen molar-refractivity contribution in [3.05, 3.63) is 17.9 Å². The van der Waals surface area contributed by atoms with Crippen LogP contribution in [0.4, 0.5) is 0 Å². The predicted octanol–water partition coefficient (Wildman–Crippen LogP) is 1.83. The third-order valence-electron chi connectivity index (χ3n) is 6.27. The Kier molecular flexibility index (Phi) is 4.54. The highest BCUT2D eigenvalue weighted by molar-refractivity contribution is 7.89. The molecule has 2 heterocycles. The molecule has 27 heavy (non-hydrogen) atoms. The van der Waals surface area contributed by atoms with Gasteiger partial charge >= 0.3 is 5.97 Å². The molecule has 1 amide bonds. The number of hydrogen-bond donors (Lipinski definition) is 2.